The van der Waals surface area contributed by atoms with E-state index in [0.717, 1.165) is 10.9 Å². The number of hydrogen-bond donors (Lipinski definition) is 9. The number of amides is 3. The van der Waals surface area contributed by atoms with E-state index in [2.05, 4.69) is 20.9 Å². The van der Waals surface area contributed by atoms with E-state index in [0.29, 0.717) is 11.1 Å². The molecule has 0 saturated heterocycles. The Bertz CT molecular complexity index is 1440. The largest absolute Gasteiger partial charge is 0.508 e. The first-order valence-electron chi connectivity index (χ1n) is 13.0. The predicted molar refractivity (Wildman–Crippen MR) is 149 cm³/mol. The molecule has 0 aliphatic carbocycles. The highest BCUT2D eigenvalue weighted by atomic mass is 16.4. The van der Waals surface area contributed by atoms with E-state index in [1.54, 1.807) is 42.6 Å². The monoisotopic (exact) mass is 583 g/mol. The zero-order valence-corrected chi connectivity index (χ0v) is 22.6. The summed E-state index contributed by atoms with van der Waals surface area (Å²) >= 11 is 0. The van der Waals surface area contributed by atoms with E-state index in [-0.39, 0.29) is 18.6 Å². The second kappa shape index (κ2) is 14.1. The number of aliphatic hydroxyl groups is 1. The van der Waals surface area contributed by atoms with E-state index < -0.39 is 66.4 Å². The number of para-hydroxylation sites is 1. The van der Waals surface area contributed by atoms with Crippen LogP contribution in [0.15, 0.2) is 54.7 Å². The summed E-state index contributed by atoms with van der Waals surface area (Å²) in [5, 5.41) is 45.9. The summed E-state index contributed by atoms with van der Waals surface area (Å²) < 4.78 is 0. The Hall–Kier alpha value is -4.95. The topological polar surface area (TPSA) is 244 Å². The second-order valence-corrected chi connectivity index (χ2v) is 9.83. The molecular formula is C28H33N5O9. The van der Waals surface area contributed by atoms with Crippen molar-refractivity contribution in [2.24, 2.45) is 5.73 Å². The van der Waals surface area contributed by atoms with Crippen LogP contribution in [-0.2, 0) is 36.8 Å². The molecule has 0 fully saturated rings. The predicted octanol–water partition coefficient (Wildman–Crippen LogP) is -0.619. The molecule has 42 heavy (non-hydrogen) atoms. The molecule has 224 valence electrons. The van der Waals surface area contributed by atoms with E-state index >= 15 is 0 Å². The van der Waals surface area contributed by atoms with Crippen molar-refractivity contribution in [1.29, 1.82) is 0 Å². The fraction of sp³-hybridized carbons (Fsp3) is 0.321. The molecular weight excluding hydrogens is 550 g/mol. The Balaban J connectivity index is 1.80. The number of aromatic nitrogens is 1. The highest BCUT2D eigenvalue weighted by molar-refractivity contribution is 5.95. The molecule has 0 radical (unpaired) electrons. The summed E-state index contributed by atoms with van der Waals surface area (Å²) in [6.07, 6.45) is -0.793. The third-order valence-corrected chi connectivity index (χ3v) is 6.52. The van der Waals surface area contributed by atoms with Crippen molar-refractivity contribution in [1.82, 2.24) is 20.9 Å². The number of carboxylic acid groups (broad SMARTS) is 2. The highest BCUT2D eigenvalue weighted by Gasteiger charge is 2.33. The molecule has 1 heterocycles. The molecule has 3 rings (SSSR count). The summed E-state index contributed by atoms with van der Waals surface area (Å²) in [5.41, 5.74) is 7.96. The summed E-state index contributed by atoms with van der Waals surface area (Å²) in [6, 6.07) is 7.26. The third-order valence-electron chi connectivity index (χ3n) is 6.52. The van der Waals surface area contributed by atoms with Crippen LogP contribution in [0.2, 0.25) is 0 Å². The lowest BCUT2D eigenvalue weighted by Crippen LogP contribution is -2.60. The van der Waals surface area contributed by atoms with Crippen molar-refractivity contribution in [3.63, 3.8) is 0 Å². The number of nitrogens with two attached hydrogens (primary N) is 1. The highest BCUT2D eigenvalue weighted by Crippen LogP contribution is 2.19. The van der Waals surface area contributed by atoms with E-state index in [9.17, 15) is 39.3 Å². The van der Waals surface area contributed by atoms with Gasteiger partial charge in [-0.3, -0.25) is 19.2 Å². The van der Waals surface area contributed by atoms with Gasteiger partial charge in [0.2, 0.25) is 17.7 Å². The number of carbonyl (C=O) groups excluding carboxylic acids is 3. The molecule has 0 aliphatic rings. The number of rotatable bonds is 14. The van der Waals surface area contributed by atoms with Crippen LogP contribution in [0.25, 0.3) is 10.9 Å². The number of aliphatic carboxylic acids is 2. The molecule has 5 atom stereocenters. The molecule has 0 saturated carbocycles. The van der Waals surface area contributed by atoms with Crippen LogP contribution in [-0.4, -0.2) is 85.3 Å². The maximum atomic E-state index is 13.3. The minimum absolute atomic E-state index is 0.0338. The fourth-order valence-electron chi connectivity index (χ4n) is 4.28. The van der Waals surface area contributed by atoms with Crippen LogP contribution in [0, 0.1) is 0 Å². The normalized spacial score (nSPS) is 14.6. The Labute approximate surface area is 239 Å². The molecule has 0 aliphatic heterocycles. The quantitative estimate of drug-likeness (QED) is 0.116. The molecule has 0 bridgehead atoms. The lowest BCUT2D eigenvalue weighted by molar-refractivity contribution is -0.147. The van der Waals surface area contributed by atoms with Gasteiger partial charge in [-0.25, -0.2) is 4.79 Å². The molecule has 14 heteroatoms. The number of aliphatic hydroxyl groups excluding tert-OH is 1. The zero-order chi connectivity index (χ0) is 31.0. The van der Waals surface area contributed by atoms with Crippen molar-refractivity contribution in [2.45, 2.75) is 56.5 Å². The summed E-state index contributed by atoms with van der Waals surface area (Å²) in [6.45, 7) is 1.25. The first-order valence-corrected chi connectivity index (χ1v) is 13.0. The lowest BCUT2D eigenvalue weighted by Gasteiger charge is -2.26. The average molecular weight is 584 g/mol. The number of carboxylic acids is 2. The third kappa shape index (κ3) is 8.52. The molecule has 0 spiro atoms. The maximum absolute atomic E-state index is 13.3. The summed E-state index contributed by atoms with van der Waals surface area (Å²) in [7, 11) is 0. The molecule has 14 nitrogen and oxygen atoms in total. The Morgan fingerprint density at radius 2 is 1.50 bits per heavy atom. The lowest BCUT2D eigenvalue weighted by atomic mass is 10.0. The number of aromatic hydroxyl groups is 1. The van der Waals surface area contributed by atoms with Crippen LogP contribution in [0.5, 0.6) is 5.75 Å². The van der Waals surface area contributed by atoms with Crippen LogP contribution in [0.1, 0.15) is 24.5 Å². The molecule has 5 unspecified atom stereocenters. The van der Waals surface area contributed by atoms with Crippen LogP contribution < -0.4 is 21.7 Å². The summed E-state index contributed by atoms with van der Waals surface area (Å²) in [4.78, 5) is 65.0. The molecule has 1 aromatic heterocycles. The van der Waals surface area contributed by atoms with Gasteiger partial charge in [-0.05, 0) is 42.7 Å². The fourth-order valence-corrected chi connectivity index (χ4v) is 4.28. The van der Waals surface area contributed by atoms with Gasteiger partial charge in [-0.1, -0.05) is 30.3 Å². The standard InChI is InChI=1S/C28H33N5O9/c1-14(34)24(33-25(38)19(29)10-15-6-8-17(35)9-7-15)27(40)31-21(26(39)32-22(28(41)42)12-23(36)37)11-16-13-30-20-5-3-2-4-18(16)20/h2-9,13-14,19,21-22,24,30,34-35H,10-12,29H2,1H3,(H,31,40)(H,32,39)(H,33,38)(H,36,37)(H,41,42). The number of phenolic OH excluding ortho intramolecular Hbond substituents is 1. The smallest absolute Gasteiger partial charge is 0.326 e. The number of nitrogens with one attached hydrogen (secondary N) is 4. The van der Waals surface area contributed by atoms with Gasteiger partial charge in [0.1, 0.15) is 23.9 Å². The molecule has 10 N–H and O–H groups in total. The second-order valence-electron chi connectivity index (χ2n) is 9.83. The SMILES string of the molecule is CC(O)C(NC(=O)C(N)Cc1ccc(O)cc1)C(=O)NC(Cc1c[nH]c2ccccc12)C(=O)NC(CC(=O)O)C(=O)O. The van der Waals surface area contributed by atoms with Crippen molar-refractivity contribution >= 4 is 40.6 Å². The van der Waals surface area contributed by atoms with Crippen molar-refractivity contribution in [3.05, 3.63) is 65.9 Å². The van der Waals surface area contributed by atoms with Crippen molar-refractivity contribution in [2.75, 3.05) is 0 Å². The minimum Gasteiger partial charge on any atom is -0.508 e. The van der Waals surface area contributed by atoms with Gasteiger partial charge >= 0.3 is 11.9 Å². The maximum Gasteiger partial charge on any atom is 0.326 e. The number of phenols is 1. The van der Waals surface area contributed by atoms with Gasteiger partial charge in [0.25, 0.3) is 0 Å². The van der Waals surface area contributed by atoms with Gasteiger partial charge in [0.15, 0.2) is 0 Å². The zero-order valence-electron chi connectivity index (χ0n) is 22.6. The van der Waals surface area contributed by atoms with E-state index in [1.165, 1.54) is 19.1 Å². The van der Waals surface area contributed by atoms with Gasteiger partial charge < -0.3 is 47.1 Å². The number of carbonyl (C=O) groups is 5. The Morgan fingerprint density at radius 1 is 0.857 bits per heavy atom. The van der Waals surface area contributed by atoms with Gasteiger partial charge in [0.05, 0.1) is 18.6 Å². The summed E-state index contributed by atoms with van der Waals surface area (Å²) in [5.74, 6) is -5.72. The van der Waals surface area contributed by atoms with Crippen molar-refractivity contribution < 1.29 is 44.4 Å². The first kappa shape index (κ1) is 31.6. The van der Waals surface area contributed by atoms with Gasteiger partial charge in [-0.2, -0.15) is 0 Å². The van der Waals surface area contributed by atoms with E-state index in [1.807, 2.05) is 0 Å². The number of aromatic amines is 1. The number of fused-ring (bicyclic) bond motifs is 1. The van der Waals surface area contributed by atoms with Crippen LogP contribution >= 0.6 is 0 Å². The Kier molecular flexibility index (Phi) is 10.6. The minimum atomic E-state index is -1.78. The number of H-pyrrole nitrogens is 1. The van der Waals surface area contributed by atoms with Crippen molar-refractivity contribution in [3.8, 4) is 5.75 Å². The molecule has 3 aromatic rings. The Morgan fingerprint density at radius 3 is 2.12 bits per heavy atom. The number of hydrogen-bond acceptors (Lipinski definition) is 8. The first-order chi connectivity index (χ1) is 19.8. The van der Waals surface area contributed by atoms with E-state index in [4.69, 9.17) is 10.8 Å². The van der Waals surface area contributed by atoms with Gasteiger partial charge in [-0.15, -0.1) is 0 Å². The molecule has 3 amide bonds. The van der Waals surface area contributed by atoms with Gasteiger partial charge in [0, 0.05) is 23.5 Å². The van der Waals surface area contributed by atoms with Crippen LogP contribution in [0.4, 0.5) is 0 Å². The average Bonchev–Trinajstić information content (AvgIpc) is 3.34. The number of benzene rings is 2. The molecule has 2 aromatic carbocycles. The van der Waals surface area contributed by atoms with Crippen LogP contribution in [0.3, 0.4) is 0 Å².